The zero-order chi connectivity index (χ0) is 14.7. The van der Waals surface area contributed by atoms with E-state index in [1.165, 1.54) is 18.7 Å². The number of hydrogen-bond acceptors (Lipinski definition) is 3. The van der Waals surface area contributed by atoms with Crippen molar-refractivity contribution in [3.05, 3.63) is 29.6 Å². The van der Waals surface area contributed by atoms with E-state index in [-0.39, 0.29) is 17.6 Å². The van der Waals surface area contributed by atoms with E-state index in [0.717, 1.165) is 19.3 Å². The smallest absolute Gasteiger partial charge is 0.354 e. The topological polar surface area (TPSA) is 70.5 Å². The Hall–Kier alpha value is -1.91. The number of carboxylic acids is 1. The number of carbonyl (C=O) groups is 2. The number of aromatic nitrogens is 1. The van der Waals surface area contributed by atoms with Crippen LogP contribution in [-0.4, -0.2) is 40.0 Å². The molecule has 1 aromatic heterocycles. The molecule has 0 radical (unpaired) electrons. The van der Waals surface area contributed by atoms with Gasteiger partial charge in [-0.2, -0.15) is 0 Å². The molecule has 0 bridgehead atoms. The van der Waals surface area contributed by atoms with Crippen molar-refractivity contribution < 1.29 is 14.7 Å². The second-order valence-corrected chi connectivity index (χ2v) is 5.58. The Labute approximate surface area is 118 Å². The van der Waals surface area contributed by atoms with Gasteiger partial charge < -0.3 is 10.0 Å². The first-order chi connectivity index (χ1) is 9.49. The summed E-state index contributed by atoms with van der Waals surface area (Å²) in [4.78, 5) is 28.8. The van der Waals surface area contributed by atoms with Crippen LogP contribution in [0.25, 0.3) is 0 Å². The van der Waals surface area contributed by atoms with Crippen molar-refractivity contribution >= 4 is 11.9 Å². The second-order valence-electron chi connectivity index (χ2n) is 5.58. The second kappa shape index (κ2) is 6.03. The molecule has 1 aliphatic carbocycles. The summed E-state index contributed by atoms with van der Waals surface area (Å²) in [5.74, 6) is -0.612. The lowest BCUT2D eigenvalue weighted by molar-refractivity contribution is 0.0672. The van der Waals surface area contributed by atoms with Gasteiger partial charge in [0.1, 0.15) is 5.69 Å². The Morgan fingerprint density at radius 3 is 2.80 bits per heavy atom. The standard InChI is InChI=1S/C15H20N2O3/c1-10-4-3-5-12(8-10)17(2)14(18)11-6-7-16-13(9-11)15(19)20/h6-7,9-10,12H,3-5,8H2,1-2H3,(H,19,20). The highest BCUT2D eigenvalue weighted by molar-refractivity contribution is 5.96. The third-order valence-corrected chi connectivity index (χ3v) is 4.00. The molecule has 2 unspecified atom stereocenters. The predicted molar refractivity (Wildman–Crippen MR) is 74.7 cm³/mol. The molecule has 0 aromatic carbocycles. The Balaban J connectivity index is 2.13. The monoisotopic (exact) mass is 276 g/mol. The molecule has 2 atom stereocenters. The summed E-state index contributed by atoms with van der Waals surface area (Å²) in [6.45, 7) is 2.21. The van der Waals surface area contributed by atoms with Gasteiger partial charge in [-0.1, -0.05) is 19.8 Å². The van der Waals surface area contributed by atoms with Crippen LogP contribution >= 0.6 is 0 Å². The molecule has 0 saturated heterocycles. The predicted octanol–water partition coefficient (Wildman–Crippen LogP) is 2.43. The van der Waals surface area contributed by atoms with Crippen molar-refractivity contribution in [2.75, 3.05) is 7.05 Å². The highest BCUT2D eigenvalue weighted by Gasteiger charge is 2.26. The summed E-state index contributed by atoms with van der Waals surface area (Å²) in [6, 6.07) is 3.15. The van der Waals surface area contributed by atoms with Crippen molar-refractivity contribution in [1.29, 1.82) is 0 Å². The minimum absolute atomic E-state index is 0.0961. The molecule has 5 heteroatoms. The maximum absolute atomic E-state index is 12.4. The molecule has 0 aliphatic heterocycles. The molecule has 1 amide bonds. The summed E-state index contributed by atoms with van der Waals surface area (Å²) in [7, 11) is 1.80. The third-order valence-electron chi connectivity index (χ3n) is 4.00. The Morgan fingerprint density at radius 2 is 2.15 bits per heavy atom. The molecule has 0 spiro atoms. The molecule has 1 aliphatic rings. The van der Waals surface area contributed by atoms with Crippen LogP contribution in [0.5, 0.6) is 0 Å². The van der Waals surface area contributed by atoms with Crippen LogP contribution in [0.3, 0.4) is 0 Å². The molecule has 1 heterocycles. The van der Waals surface area contributed by atoms with Crippen LogP contribution in [-0.2, 0) is 0 Å². The van der Waals surface area contributed by atoms with Gasteiger partial charge in [-0.3, -0.25) is 4.79 Å². The van der Waals surface area contributed by atoms with E-state index in [4.69, 9.17) is 5.11 Å². The Morgan fingerprint density at radius 1 is 1.40 bits per heavy atom. The molecule has 2 rings (SSSR count). The Kier molecular flexibility index (Phi) is 4.37. The zero-order valence-electron chi connectivity index (χ0n) is 11.9. The Bertz CT molecular complexity index is 516. The van der Waals surface area contributed by atoms with Gasteiger partial charge in [0.25, 0.3) is 5.91 Å². The number of carbonyl (C=O) groups excluding carboxylic acids is 1. The van der Waals surface area contributed by atoms with E-state index in [0.29, 0.717) is 11.5 Å². The van der Waals surface area contributed by atoms with E-state index < -0.39 is 5.97 Å². The highest BCUT2D eigenvalue weighted by atomic mass is 16.4. The van der Waals surface area contributed by atoms with Crippen LogP contribution in [0.4, 0.5) is 0 Å². The maximum atomic E-state index is 12.4. The number of amides is 1. The van der Waals surface area contributed by atoms with E-state index in [9.17, 15) is 9.59 Å². The van der Waals surface area contributed by atoms with Crippen LogP contribution in [0, 0.1) is 5.92 Å². The van der Waals surface area contributed by atoms with Gasteiger partial charge in [0, 0.05) is 24.8 Å². The van der Waals surface area contributed by atoms with Crippen LogP contribution < -0.4 is 0 Å². The first kappa shape index (κ1) is 14.5. The fourth-order valence-corrected chi connectivity index (χ4v) is 2.80. The minimum Gasteiger partial charge on any atom is -0.477 e. The van der Waals surface area contributed by atoms with Gasteiger partial charge in [0.2, 0.25) is 0 Å². The lowest BCUT2D eigenvalue weighted by atomic mass is 9.86. The summed E-state index contributed by atoms with van der Waals surface area (Å²) >= 11 is 0. The largest absolute Gasteiger partial charge is 0.477 e. The van der Waals surface area contributed by atoms with E-state index in [1.807, 2.05) is 0 Å². The first-order valence-corrected chi connectivity index (χ1v) is 6.95. The SMILES string of the molecule is CC1CCCC(N(C)C(=O)c2ccnc(C(=O)O)c2)C1. The molecule has 1 N–H and O–H groups in total. The van der Waals surface area contributed by atoms with Gasteiger partial charge in [0.05, 0.1) is 0 Å². The molecule has 108 valence electrons. The number of carboxylic acid groups (broad SMARTS) is 1. The fourth-order valence-electron chi connectivity index (χ4n) is 2.80. The number of aromatic carboxylic acids is 1. The van der Waals surface area contributed by atoms with Crippen LogP contribution in [0.1, 0.15) is 53.5 Å². The molecule has 20 heavy (non-hydrogen) atoms. The van der Waals surface area contributed by atoms with Crippen LogP contribution in [0.15, 0.2) is 18.3 Å². The maximum Gasteiger partial charge on any atom is 0.354 e. The lowest BCUT2D eigenvalue weighted by Crippen LogP contribution is -2.39. The van der Waals surface area contributed by atoms with E-state index in [1.54, 1.807) is 18.0 Å². The van der Waals surface area contributed by atoms with E-state index >= 15 is 0 Å². The van der Waals surface area contributed by atoms with Gasteiger partial charge in [-0.15, -0.1) is 0 Å². The van der Waals surface area contributed by atoms with Gasteiger partial charge >= 0.3 is 5.97 Å². The van der Waals surface area contributed by atoms with Gasteiger partial charge in [0.15, 0.2) is 0 Å². The van der Waals surface area contributed by atoms with Crippen molar-refractivity contribution in [1.82, 2.24) is 9.88 Å². The summed E-state index contributed by atoms with van der Waals surface area (Å²) in [5.41, 5.74) is 0.291. The quantitative estimate of drug-likeness (QED) is 0.920. The number of rotatable bonds is 3. The molecular formula is C15H20N2O3. The van der Waals surface area contributed by atoms with Crippen molar-refractivity contribution in [3.8, 4) is 0 Å². The normalized spacial score (nSPS) is 22.3. The molecule has 1 aromatic rings. The van der Waals surface area contributed by atoms with Crippen molar-refractivity contribution in [2.45, 2.75) is 38.6 Å². The average molecular weight is 276 g/mol. The molecule has 1 fully saturated rings. The first-order valence-electron chi connectivity index (χ1n) is 6.95. The highest BCUT2D eigenvalue weighted by Crippen LogP contribution is 2.27. The summed E-state index contributed by atoms with van der Waals surface area (Å²) < 4.78 is 0. The minimum atomic E-state index is -1.12. The molecule has 1 saturated carbocycles. The van der Waals surface area contributed by atoms with E-state index in [2.05, 4.69) is 11.9 Å². The summed E-state index contributed by atoms with van der Waals surface area (Å²) in [6.07, 6.45) is 5.76. The lowest BCUT2D eigenvalue weighted by Gasteiger charge is -2.34. The van der Waals surface area contributed by atoms with Gasteiger partial charge in [-0.25, -0.2) is 9.78 Å². The summed E-state index contributed by atoms with van der Waals surface area (Å²) in [5, 5.41) is 8.93. The van der Waals surface area contributed by atoms with Crippen molar-refractivity contribution in [3.63, 3.8) is 0 Å². The van der Waals surface area contributed by atoms with Crippen LogP contribution in [0.2, 0.25) is 0 Å². The number of nitrogens with zero attached hydrogens (tertiary/aromatic N) is 2. The average Bonchev–Trinajstić information content (AvgIpc) is 2.45. The number of hydrogen-bond donors (Lipinski definition) is 1. The zero-order valence-corrected chi connectivity index (χ0v) is 11.9. The van der Waals surface area contributed by atoms with Crippen molar-refractivity contribution in [2.24, 2.45) is 5.92 Å². The van der Waals surface area contributed by atoms with Gasteiger partial charge in [-0.05, 0) is 30.9 Å². The third kappa shape index (κ3) is 3.15. The fraction of sp³-hybridized carbons (Fsp3) is 0.533. The molecular weight excluding hydrogens is 256 g/mol. The molecule has 5 nitrogen and oxygen atoms in total. The number of pyridine rings is 1.